The van der Waals surface area contributed by atoms with E-state index in [-0.39, 0.29) is 61.4 Å². The summed E-state index contributed by atoms with van der Waals surface area (Å²) in [5.41, 5.74) is 3.42. The van der Waals surface area contributed by atoms with Crippen molar-refractivity contribution in [2.75, 3.05) is 40.9 Å². The minimum absolute atomic E-state index is 0. The molecule has 0 radical (unpaired) electrons. The first-order chi connectivity index (χ1) is 34.0. The number of hydrogen-bond donors (Lipinski definition) is 1. The summed E-state index contributed by atoms with van der Waals surface area (Å²) in [7, 11) is -8.78. The summed E-state index contributed by atoms with van der Waals surface area (Å²) >= 11 is 26.1. The zero-order chi connectivity index (χ0) is 50.3. The number of thiazole rings is 2. The van der Waals surface area contributed by atoms with E-state index >= 15 is 0 Å². The SMILES string of the molecule is O=C(C[n+]1c(C=C2Sc3ccc(Cl)cc3N2CCCS(=O)(=O)[O-])sc2ccc(SOO[O-])cc21)NCCCCCCCCN1C(=Cc2sc3ccc(Cl)cc3[n+]2CCCS(=O)(=O)[O-])Sc2ccc(Cl)cc21.[Na+]. The molecule has 2 aliphatic heterocycles. The van der Waals surface area contributed by atoms with Crippen LogP contribution < -0.4 is 59.1 Å². The molecular formula is C46H45Cl3N5NaO10S7. The van der Waals surface area contributed by atoms with E-state index in [9.17, 15) is 36.0 Å². The second kappa shape index (κ2) is 26.3. The summed E-state index contributed by atoms with van der Waals surface area (Å²) in [6.07, 6.45) is 9.94. The van der Waals surface area contributed by atoms with Gasteiger partial charge < -0.3 is 29.5 Å². The minimum atomic E-state index is -4.42. The number of aromatic nitrogens is 2. The molecule has 1 amide bonds. The molecule has 0 aliphatic carbocycles. The molecule has 0 bridgehead atoms. The van der Waals surface area contributed by atoms with E-state index in [2.05, 4.69) is 25.7 Å². The van der Waals surface area contributed by atoms with Crippen LogP contribution in [0, 0.1) is 0 Å². The molecule has 2 aliphatic rings. The molecule has 0 atom stereocenters. The first-order valence-electron chi connectivity index (χ1n) is 22.3. The fourth-order valence-corrected chi connectivity index (χ4v) is 14.6. The molecule has 1 N–H and O–H groups in total. The fraction of sp³-hybridized carbons (Fsp3) is 0.326. The number of anilines is 2. The number of benzene rings is 4. The van der Waals surface area contributed by atoms with Crippen molar-refractivity contribution >= 4 is 163 Å². The van der Waals surface area contributed by atoms with E-state index in [4.69, 9.17) is 34.8 Å². The number of carbonyl (C=O) groups excluding carboxylic acids is 1. The smallest absolute Gasteiger partial charge is 0.748 e. The first kappa shape index (κ1) is 57.5. The summed E-state index contributed by atoms with van der Waals surface area (Å²) in [5.74, 6) is -1.16. The third kappa shape index (κ3) is 15.5. The van der Waals surface area contributed by atoms with Gasteiger partial charge >= 0.3 is 29.6 Å². The van der Waals surface area contributed by atoms with E-state index in [0.717, 1.165) is 119 Å². The van der Waals surface area contributed by atoms with Crippen LogP contribution in [0.1, 0.15) is 61.4 Å². The molecule has 4 heterocycles. The Morgan fingerprint density at radius 3 is 1.79 bits per heavy atom. The zero-order valence-electron chi connectivity index (χ0n) is 38.6. The number of unbranched alkanes of at least 4 members (excludes halogenated alkanes) is 5. The van der Waals surface area contributed by atoms with Gasteiger partial charge in [-0.15, -0.1) is 0 Å². The standard InChI is InChI=1S/C46H46Cl3N5O10S7.Na/c47-30-9-13-38-34(23-30)51(43(65-38)27-44-52(19-7-21-70(57,58)59)35-24-31(48)10-14-39(35)66-44)18-6-4-2-1-3-5-17-50-42(55)29-54-37-26-33(69-64-63-56)12-16-41(37)68-46(54)28-45-53(20-8-22-71(60,61)62)36-25-32(49)11-15-40(36)67-45;/h9-16,23-28H,1-8,17-22,29H2,(H2-2,50,55,56,57,58,59,60,61,62);/q;+1/p-1. The summed E-state index contributed by atoms with van der Waals surface area (Å²) in [6.45, 7) is 1.83. The molecule has 0 spiro atoms. The Labute approximate surface area is 475 Å². The topological polar surface area (TPSA) is 199 Å². The van der Waals surface area contributed by atoms with Gasteiger partial charge in [0.25, 0.3) is 15.9 Å². The molecule has 26 heteroatoms. The molecule has 0 saturated heterocycles. The normalized spacial score (nSPS) is 14.8. The van der Waals surface area contributed by atoms with Gasteiger partial charge in [-0.3, -0.25) is 9.83 Å². The second-order valence-corrected chi connectivity index (χ2v) is 25.9. The van der Waals surface area contributed by atoms with E-state index in [1.807, 2.05) is 68.6 Å². The van der Waals surface area contributed by atoms with Crippen LogP contribution in [0.25, 0.3) is 32.6 Å². The monoisotopic (exact) mass is 1180 g/mol. The van der Waals surface area contributed by atoms with Crippen molar-refractivity contribution in [2.24, 2.45) is 0 Å². The first-order valence-corrected chi connectivity index (χ1v) is 30.6. The van der Waals surface area contributed by atoms with Crippen LogP contribution in [0.4, 0.5) is 11.4 Å². The fourth-order valence-electron chi connectivity index (χ4n) is 8.23. The average molecular weight is 1180 g/mol. The van der Waals surface area contributed by atoms with Crippen LogP contribution in [0.5, 0.6) is 0 Å². The predicted molar refractivity (Wildman–Crippen MR) is 281 cm³/mol. The van der Waals surface area contributed by atoms with Gasteiger partial charge in [-0.25, -0.2) is 16.8 Å². The van der Waals surface area contributed by atoms with Crippen molar-refractivity contribution < 1.29 is 84.1 Å². The number of hydrogen-bond acceptors (Lipinski definition) is 17. The van der Waals surface area contributed by atoms with Gasteiger partial charge in [0.05, 0.1) is 65.9 Å². The molecule has 0 fully saturated rings. The molecule has 4 aromatic carbocycles. The van der Waals surface area contributed by atoms with Crippen molar-refractivity contribution in [3.05, 3.63) is 108 Å². The van der Waals surface area contributed by atoms with Crippen molar-refractivity contribution in [3.63, 3.8) is 0 Å². The van der Waals surface area contributed by atoms with Crippen LogP contribution in [-0.4, -0.2) is 63.0 Å². The minimum Gasteiger partial charge on any atom is -0.748 e. The van der Waals surface area contributed by atoms with Crippen LogP contribution in [0.15, 0.2) is 97.5 Å². The van der Waals surface area contributed by atoms with Crippen LogP contribution in [0.3, 0.4) is 0 Å². The van der Waals surface area contributed by atoms with E-state index in [1.54, 1.807) is 47.4 Å². The van der Waals surface area contributed by atoms with Gasteiger partial charge in [0.2, 0.25) is 17.6 Å². The van der Waals surface area contributed by atoms with Crippen molar-refractivity contribution in [2.45, 2.75) is 79.1 Å². The number of nitrogens with one attached hydrogen (secondary N) is 1. The summed E-state index contributed by atoms with van der Waals surface area (Å²) in [5, 5.41) is 22.4. The number of rotatable bonds is 24. The van der Waals surface area contributed by atoms with Gasteiger partial charge in [-0.2, -0.15) is 13.5 Å². The van der Waals surface area contributed by atoms with Gasteiger partial charge in [-0.1, -0.05) is 107 Å². The van der Waals surface area contributed by atoms with Gasteiger partial charge in [0, 0.05) is 79.4 Å². The Hall–Kier alpha value is -2.17. The third-order valence-electron chi connectivity index (χ3n) is 11.4. The molecule has 72 heavy (non-hydrogen) atoms. The third-order valence-corrected chi connectivity index (χ3v) is 18.7. The number of nitrogens with zero attached hydrogens (tertiary/aromatic N) is 4. The van der Waals surface area contributed by atoms with E-state index in [0.29, 0.717) is 33.1 Å². The molecule has 8 rings (SSSR count). The quantitative estimate of drug-likeness (QED) is 0.0127. The Morgan fingerprint density at radius 2 is 1.18 bits per heavy atom. The summed E-state index contributed by atoms with van der Waals surface area (Å²) in [4.78, 5) is 20.4. The van der Waals surface area contributed by atoms with E-state index < -0.39 is 31.7 Å². The van der Waals surface area contributed by atoms with Crippen LogP contribution in [0.2, 0.25) is 15.1 Å². The average Bonchev–Trinajstić information content (AvgIpc) is 4.04. The number of thioether (sulfide) groups is 2. The summed E-state index contributed by atoms with van der Waals surface area (Å²) in [6, 6.07) is 22.4. The Bertz CT molecular complexity index is 3230. The van der Waals surface area contributed by atoms with Gasteiger partial charge in [0.1, 0.15) is 9.40 Å². The molecule has 2 aromatic heterocycles. The molecule has 15 nitrogen and oxygen atoms in total. The zero-order valence-corrected chi connectivity index (χ0v) is 48.5. The largest absolute Gasteiger partial charge is 1.00 e. The van der Waals surface area contributed by atoms with Crippen molar-refractivity contribution in [3.8, 4) is 0 Å². The number of carbonyl (C=O) groups is 1. The molecular weight excluding hydrogens is 1140 g/mol. The van der Waals surface area contributed by atoms with Gasteiger partial charge in [0.15, 0.2) is 6.54 Å². The van der Waals surface area contributed by atoms with Crippen LogP contribution in [-0.2, 0) is 47.5 Å². The number of halogens is 3. The number of aryl methyl sites for hydroxylation is 1. The van der Waals surface area contributed by atoms with E-state index in [1.165, 1.54) is 23.1 Å². The number of amides is 1. The summed E-state index contributed by atoms with van der Waals surface area (Å²) < 4.78 is 79.1. The Kier molecular flexibility index (Phi) is 21.0. The number of fused-ring (bicyclic) bond motifs is 4. The Balaban J connectivity index is 0.00000760. The molecule has 0 unspecified atom stereocenters. The molecule has 378 valence electrons. The maximum atomic E-state index is 13.6. The van der Waals surface area contributed by atoms with Crippen molar-refractivity contribution in [1.82, 2.24) is 5.32 Å². The van der Waals surface area contributed by atoms with Crippen molar-refractivity contribution in [1.29, 1.82) is 0 Å². The molecule has 0 saturated carbocycles. The maximum Gasteiger partial charge on any atom is 1.00 e. The van der Waals surface area contributed by atoms with Crippen LogP contribution >= 0.6 is 93.0 Å². The molecule has 6 aromatic rings. The Morgan fingerprint density at radius 1 is 0.667 bits per heavy atom. The van der Waals surface area contributed by atoms with Gasteiger partial charge in [-0.05, 0) is 79.9 Å². The predicted octanol–water partition coefficient (Wildman–Crippen LogP) is 6.73. The second-order valence-electron chi connectivity index (χ2n) is 16.5. The maximum absolute atomic E-state index is 13.6.